The lowest BCUT2D eigenvalue weighted by molar-refractivity contribution is -0.130. The Balaban J connectivity index is 2.78. The molecule has 84 valence electrons. The third kappa shape index (κ3) is 3.45. The summed E-state index contributed by atoms with van der Waals surface area (Å²) in [6.45, 7) is 4.99. The lowest BCUT2D eigenvalue weighted by atomic mass is 10.3. The van der Waals surface area contributed by atoms with E-state index in [0.29, 0.717) is 11.4 Å². The normalized spacial score (nSPS) is 9.31. The number of carbonyl (C=O) groups is 2. The van der Waals surface area contributed by atoms with E-state index in [4.69, 9.17) is 9.84 Å². The van der Waals surface area contributed by atoms with E-state index in [1.54, 1.807) is 18.2 Å². The second kappa shape index (κ2) is 4.97. The highest BCUT2D eigenvalue weighted by molar-refractivity contribution is 5.89. The van der Waals surface area contributed by atoms with Crippen LogP contribution in [0.4, 0.5) is 10.5 Å². The van der Waals surface area contributed by atoms with Gasteiger partial charge in [0.25, 0.3) is 0 Å². The molecule has 0 heterocycles. The van der Waals surface area contributed by atoms with Crippen LogP contribution in [0.2, 0.25) is 0 Å². The summed E-state index contributed by atoms with van der Waals surface area (Å²) in [6, 6.07) is 6.21. The minimum Gasteiger partial charge on any atom is -0.547 e. The van der Waals surface area contributed by atoms with Crippen LogP contribution in [0.3, 0.4) is 0 Å². The summed E-state index contributed by atoms with van der Waals surface area (Å²) in [6.07, 6.45) is -0.927. The molecule has 3 N–H and O–H groups in total. The van der Waals surface area contributed by atoms with Gasteiger partial charge in [0.2, 0.25) is 0 Å². The largest absolute Gasteiger partial charge is 0.630 e. The van der Waals surface area contributed by atoms with Gasteiger partial charge in [-0.25, -0.2) is 10.1 Å². The van der Waals surface area contributed by atoms with Gasteiger partial charge in [0.1, 0.15) is 5.75 Å². The van der Waals surface area contributed by atoms with Crippen molar-refractivity contribution in [2.75, 3.05) is 5.32 Å². The maximum Gasteiger partial charge on any atom is 0.630 e. The average Bonchev–Trinajstić information content (AvgIpc) is 2.16. The third-order valence-electron chi connectivity index (χ3n) is 1.65. The zero-order chi connectivity index (χ0) is 12.1. The monoisotopic (exact) mass is 222 g/mol. The average molecular weight is 222 g/mol. The van der Waals surface area contributed by atoms with Crippen molar-refractivity contribution in [2.45, 2.75) is 6.92 Å². The SMILES string of the molecule is C=C(C)C(=O)Oc1cccc(NC(=O)[OH2+])c1. The van der Waals surface area contributed by atoms with Crippen LogP contribution in [0.1, 0.15) is 6.92 Å². The fraction of sp³-hybridized carbons (Fsp3) is 0.0909. The lowest BCUT2D eigenvalue weighted by Crippen LogP contribution is -2.10. The summed E-state index contributed by atoms with van der Waals surface area (Å²) >= 11 is 0. The Bertz CT molecular complexity index is 439. The maximum absolute atomic E-state index is 11.2. The van der Waals surface area contributed by atoms with Gasteiger partial charge in [-0.2, -0.15) is 0 Å². The van der Waals surface area contributed by atoms with Crippen LogP contribution < -0.4 is 10.1 Å². The first-order valence-electron chi connectivity index (χ1n) is 4.49. The van der Waals surface area contributed by atoms with E-state index in [0.717, 1.165) is 0 Å². The minimum absolute atomic E-state index is 0.287. The first-order valence-corrected chi connectivity index (χ1v) is 4.49. The summed E-state index contributed by atoms with van der Waals surface area (Å²) in [5.74, 6) is -0.242. The number of ether oxygens (including phenoxy) is 1. The molecule has 0 aromatic heterocycles. The molecule has 0 atom stereocenters. The molecule has 0 saturated heterocycles. The van der Waals surface area contributed by atoms with Crippen LogP contribution >= 0.6 is 0 Å². The van der Waals surface area contributed by atoms with Crippen LogP contribution in [0, 0.1) is 0 Å². The van der Waals surface area contributed by atoms with E-state index < -0.39 is 12.1 Å². The summed E-state index contributed by atoms with van der Waals surface area (Å²) < 4.78 is 4.95. The van der Waals surface area contributed by atoms with Crippen molar-refractivity contribution in [2.24, 2.45) is 0 Å². The maximum atomic E-state index is 11.2. The molecule has 0 spiro atoms. The molecular weight excluding hydrogens is 210 g/mol. The van der Waals surface area contributed by atoms with Crippen molar-refractivity contribution in [1.29, 1.82) is 0 Å². The lowest BCUT2D eigenvalue weighted by Gasteiger charge is -2.04. The number of hydrogen-bond donors (Lipinski definition) is 1. The van der Waals surface area contributed by atoms with Gasteiger partial charge in [-0.3, -0.25) is 0 Å². The van der Waals surface area contributed by atoms with Crippen molar-refractivity contribution in [3.63, 3.8) is 0 Å². The van der Waals surface area contributed by atoms with Crippen molar-refractivity contribution in [3.8, 4) is 5.75 Å². The number of amides is 1. The van der Waals surface area contributed by atoms with Gasteiger partial charge in [0.15, 0.2) is 0 Å². The van der Waals surface area contributed by atoms with Gasteiger partial charge in [0, 0.05) is 11.6 Å². The molecule has 0 saturated carbocycles. The molecule has 0 unspecified atom stereocenters. The molecule has 0 fully saturated rings. The Morgan fingerprint density at radius 1 is 1.44 bits per heavy atom. The number of carbonyl (C=O) groups excluding carboxylic acids is 2. The second-order valence-electron chi connectivity index (χ2n) is 3.15. The molecule has 5 nitrogen and oxygen atoms in total. The highest BCUT2D eigenvalue weighted by Crippen LogP contribution is 2.18. The molecule has 1 amide bonds. The predicted octanol–water partition coefficient (Wildman–Crippen LogP) is 1.42. The van der Waals surface area contributed by atoms with Gasteiger partial charge in [-0.05, 0) is 19.1 Å². The van der Waals surface area contributed by atoms with E-state index in [-0.39, 0.29) is 5.57 Å². The van der Waals surface area contributed by atoms with Crippen LogP contribution in [0.25, 0.3) is 0 Å². The first kappa shape index (κ1) is 11.8. The zero-order valence-electron chi connectivity index (χ0n) is 8.74. The molecule has 1 rings (SSSR count). The molecule has 0 radical (unpaired) electrons. The van der Waals surface area contributed by atoms with Crippen LogP contribution in [-0.2, 0) is 4.79 Å². The van der Waals surface area contributed by atoms with Crippen LogP contribution in [-0.4, -0.2) is 17.2 Å². The van der Waals surface area contributed by atoms with E-state index >= 15 is 0 Å². The highest BCUT2D eigenvalue weighted by atomic mass is 16.5. The van der Waals surface area contributed by atoms with Gasteiger partial charge in [-0.15, -0.1) is 0 Å². The fourth-order valence-corrected chi connectivity index (χ4v) is 0.963. The Morgan fingerprint density at radius 2 is 2.12 bits per heavy atom. The summed E-state index contributed by atoms with van der Waals surface area (Å²) in [5, 5.41) is 8.99. The van der Waals surface area contributed by atoms with Gasteiger partial charge >= 0.3 is 12.1 Å². The molecule has 1 aromatic carbocycles. The summed E-state index contributed by atoms with van der Waals surface area (Å²) in [4.78, 5) is 21.7. The minimum atomic E-state index is -0.927. The Morgan fingerprint density at radius 3 is 2.69 bits per heavy atom. The van der Waals surface area contributed by atoms with Gasteiger partial charge < -0.3 is 9.84 Å². The van der Waals surface area contributed by atoms with Crippen molar-refractivity contribution in [1.82, 2.24) is 0 Å². The van der Waals surface area contributed by atoms with Crippen molar-refractivity contribution in [3.05, 3.63) is 36.4 Å². The standard InChI is InChI=1S/C11H11NO4/c1-7(2)10(13)16-9-5-3-4-8(6-9)12-11(14)15/h3-6,12H,1H2,2H3,(H,14,15)/p+1. The molecule has 5 heteroatoms. The quantitative estimate of drug-likeness (QED) is 0.363. The molecule has 0 aliphatic carbocycles. The molecule has 0 bridgehead atoms. The van der Waals surface area contributed by atoms with Crippen molar-refractivity contribution >= 4 is 17.7 Å². The molecule has 1 aromatic rings. The number of benzene rings is 1. The van der Waals surface area contributed by atoms with E-state index in [1.807, 2.05) is 0 Å². The Hall–Kier alpha value is -2.30. The first-order chi connectivity index (χ1) is 7.49. The van der Waals surface area contributed by atoms with Crippen LogP contribution in [0.5, 0.6) is 5.75 Å². The number of esters is 1. The van der Waals surface area contributed by atoms with E-state index in [2.05, 4.69) is 11.9 Å². The number of anilines is 1. The third-order valence-corrected chi connectivity index (χ3v) is 1.65. The highest BCUT2D eigenvalue weighted by Gasteiger charge is 2.08. The van der Waals surface area contributed by atoms with E-state index in [1.165, 1.54) is 13.0 Å². The van der Waals surface area contributed by atoms with Crippen LogP contribution in [0.15, 0.2) is 36.4 Å². The Kier molecular flexibility index (Phi) is 3.66. The summed E-state index contributed by atoms with van der Waals surface area (Å²) in [5.41, 5.74) is 0.682. The molecular formula is C11H12NO4+. The molecule has 0 aliphatic rings. The number of hydrogen-bond acceptors (Lipinski definition) is 3. The molecule has 16 heavy (non-hydrogen) atoms. The number of nitrogens with one attached hydrogen (secondary N) is 1. The smallest absolute Gasteiger partial charge is 0.547 e. The second-order valence-corrected chi connectivity index (χ2v) is 3.15. The van der Waals surface area contributed by atoms with Crippen molar-refractivity contribution < 1.29 is 19.4 Å². The topological polar surface area (TPSA) is 78.3 Å². The fourth-order valence-electron chi connectivity index (χ4n) is 0.963. The predicted molar refractivity (Wildman–Crippen MR) is 59.5 cm³/mol. The van der Waals surface area contributed by atoms with E-state index in [9.17, 15) is 9.59 Å². The summed E-state index contributed by atoms with van der Waals surface area (Å²) in [7, 11) is 0. The number of rotatable bonds is 3. The molecule has 0 aliphatic heterocycles. The van der Waals surface area contributed by atoms with Gasteiger partial charge in [0.05, 0.1) is 10.5 Å². The Labute approximate surface area is 92.3 Å². The van der Waals surface area contributed by atoms with Gasteiger partial charge in [-0.1, -0.05) is 12.6 Å². The zero-order valence-corrected chi connectivity index (χ0v) is 8.74.